The Labute approximate surface area is 163 Å². The van der Waals surface area contributed by atoms with Crippen LogP contribution in [0.5, 0.6) is 0 Å². The maximum atomic E-state index is 12.5. The van der Waals surface area contributed by atoms with Gasteiger partial charge >= 0.3 is 0 Å². The number of nitrogens with zero attached hydrogens (tertiary/aromatic N) is 1. The Morgan fingerprint density at radius 1 is 1.27 bits per heavy atom. The minimum absolute atomic E-state index is 0. The Balaban J connectivity index is 0.00000338. The average Bonchev–Trinajstić information content (AvgIpc) is 2.61. The Morgan fingerprint density at radius 2 is 1.85 bits per heavy atom. The molecule has 1 aromatic carbocycles. The van der Waals surface area contributed by atoms with E-state index in [4.69, 9.17) is 5.73 Å². The van der Waals surface area contributed by atoms with Crippen molar-refractivity contribution >= 4 is 28.3 Å². The number of nitrogens with one attached hydrogen (secondary N) is 1. The van der Waals surface area contributed by atoms with E-state index in [1.807, 2.05) is 44.2 Å². The molecule has 1 amide bonds. The van der Waals surface area contributed by atoms with E-state index in [1.165, 1.54) is 4.31 Å². The normalized spacial score (nSPS) is 18.6. The Hall–Kier alpha value is -1.15. The highest BCUT2D eigenvalue weighted by Crippen LogP contribution is 2.21. The standard InChI is InChI=1S/C18H29N3O3S.ClH/c1-3-13-25(23,24)21-11-9-16(10-12-21)20-18(22)14(2)17(19)15-7-5-4-6-8-15;/h4-8,14,16-17H,3,9-13,19H2,1-2H3,(H,20,22);1H. The first-order chi connectivity index (χ1) is 11.8. The molecule has 1 aliphatic heterocycles. The van der Waals surface area contributed by atoms with Crippen molar-refractivity contribution in [1.29, 1.82) is 0 Å². The van der Waals surface area contributed by atoms with Crippen LogP contribution in [0.1, 0.15) is 44.7 Å². The summed E-state index contributed by atoms with van der Waals surface area (Å²) in [5, 5.41) is 3.03. The van der Waals surface area contributed by atoms with E-state index < -0.39 is 10.0 Å². The van der Waals surface area contributed by atoms with Gasteiger partial charge in [0.1, 0.15) is 0 Å². The third-order valence-corrected chi connectivity index (χ3v) is 6.87. The first-order valence-corrected chi connectivity index (χ1v) is 10.5. The minimum Gasteiger partial charge on any atom is -0.353 e. The molecule has 1 aromatic rings. The van der Waals surface area contributed by atoms with E-state index in [9.17, 15) is 13.2 Å². The SMILES string of the molecule is CCCS(=O)(=O)N1CCC(NC(=O)C(C)C(N)c2ccccc2)CC1.Cl. The van der Waals surface area contributed by atoms with Crippen molar-refractivity contribution in [1.82, 2.24) is 9.62 Å². The average molecular weight is 404 g/mol. The highest BCUT2D eigenvalue weighted by atomic mass is 35.5. The van der Waals surface area contributed by atoms with Crippen molar-refractivity contribution in [3.8, 4) is 0 Å². The summed E-state index contributed by atoms with van der Waals surface area (Å²) in [6.07, 6.45) is 1.90. The Bertz CT molecular complexity index is 662. The van der Waals surface area contributed by atoms with E-state index >= 15 is 0 Å². The summed E-state index contributed by atoms with van der Waals surface area (Å²) in [6, 6.07) is 9.23. The largest absolute Gasteiger partial charge is 0.353 e. The summed E-state index contributed by atoms with van der Waals surface area (Å²) in [5.74, 6) is -0.233. The number of hydrogen-bond donors (Lipinski definition) is 2. The fourth-order valence-corrected chi connectivity index (χ4v) is 4.67. The van der Waals surface area contributed by atoms with Crippen LogP contribution in [0.2, 0.25) is 0 Å². The highest BCUT2D eigenvalue weighted by Gasteiger charge is 2.30. The molecule has 26 heavy (non-hydrogen) atoms. The lowest BCUT2D eigenvalue weighted by Gasteiger charge is -2.32. The number of carbonyl (C=O) groups excluding carboxylic acids is 1. The Kier molecular flexibility index (Phi) is 9.03. The van der Waals surface area contributed by atoms with E-state index in [-0.39, 0.29) is 42.1 Å². The van der Waals surface area contributed by atoms with Crippen LogP contribution >= 0.6 is 12.4 Å². The van der Waals surface area contributed by atoms with Gasteiger partial charge in [-0.3, -0.25) is 4.79 Å². The van der Waals surface area contributed by atoms with E-state index in [0.29, 0.717) is 32.4 Å². The molecule has 1 heterocycles. The second-order valence-electron chi connectivity index (χ2n) is 6.72. The number of sulfonamides is 1. The first kappa shape index (κ1) is 22.9. The zero-order chi connectivity index (χ0) is 18.4. The molecule has 1 aliphatic rings. The van der Waals surface area contributed by atoms with E-state index in [1.54, 1.807) is 0 Å². The molecule has 1 fully saturated rings. The molecular formula is C18H30ClN3O3S. The molecule has 3 N–H and O–H groups in total. The molecule has 1 saturated heterocycles. The number of piperidine rings is 1. The number of halogens is 1. The van der Waals surface area contributed by atoms with E-state index in [0.717, 1.165) is 5.56 Å². The van der Waals surface area contributed by atoms with Gasteiger partial charge in [-0.2, -0.15) is 0 Å². The molecule has 2 rings (SSSR count). The summed E-state index contributed by atoms with van der Waals surface area (Å²) < 4.78 is 25.7. The van der Waals surface area contributed by atoms with E-state index in [2.05, 4.69) is 5.32 Å². The maximum Gasteiger partial charge on any atom is 0.224 e. The number of amides is 1. The monoisotopic (exact) mass is 403 g/mol. The highest BCUT2D eigenvalue weighted by molar-refractivity contribution is 7.89. The molecule has 0 aliphatic carbocycles. The zero-order valence-electron chi connectivity index (χ0n) is 15.4. The summed E-state index contributed by atoms with van der Waals surface area (Å²) in [6.45, 7) is 4.62. The summed E-state index contributed by atoms with van der Waals surface area (Å²) in [7, 11) is -3.15. The third-order valence-electron chi connectivity index (χ3n) is 4.79. The number of rotatable bonds is 7. The quantitative estimate of drug-likeness (QED) is 0.728. The summed E-state index contributed by atoms with van der Waals surface area (Å²) in [4.78, 5) is 12.5. The number of carbonyl (C=O) groups is 1. The van der Waals surface area contributed by atoms with Crippen molar-refractivity contribution in [2.24, 2.45) is 11.7 Å². The van der Waals surface area contributed by atoms with Gasteiger partial charge in [0.2, 0.25) is 15.9 Å². The number of benzene rings is 1. The second kappa shape index (κ2) is 10.3. The smallest absolute Gasteiger partial charge is 0.224 e. The molecule has 0 aromatic heterocycles. The van der Waals surface area contributed by atoms with Gasteiger partial charge in [0.05, 0.1) is 11.7 Å². The molecule has 2 atom stereocenters. The van der Waals surface area contributed by atoms with Crippen molar-refractivity contribution < 1.29 is 13.2 Å². The fourth-order valence-electron chi connectivity index (χ4n) is 3.13. The molecule has 2 unspecified atom stereocenters. The van der Waals surface area contributed by atoms with Crippen molar-refractivity contribution in [3.63, 3.8) is 0 Å². The van der Waals surface area contributed by atoms with Crippen LogP contribution < -0.4 is 11.1 Å². The van der Waals surface area contributed by atoms with Crippen molar-refractivity contribution in [2.45, 2.75) is 45.2 Å². The summed E-state index contributed by atoms with van der Waals surface area (Å²) in [5.41, 5.74) is 7.14. The van der Waals surface area contributed by atoms with Gasteiger partial charge in [0, 0.05) is 25.2 Å². The molecule has 148 valence electrons. The Morgan fingerprint density at radius 3 is 2.38 bits per heavy atom. The van der Waals surface area contributed by atoms with Crippen LogP contribution in [0.3, 0.4) is 0 Å². The van der Waals surface area contributed by atoms with Crippen LogP contribution in [0.15, 0.2) is 30.3 Å². The minimum atomic E-state index is -3.15. The van der Waals surface area contributed by atoms with Gasteiger partial charge in [-0.1, -0.05) is 44.2 Å². The van der Waals surface area contributed by atoms with Gasteiger partial charge < -0.3 is 11.1 Å². The predicted molar refractivity (Wildman–Crippen MR) is 107 cm³/mol. The lowest BCUT2D eigenvalue weighted by molar-refractivity contribution is -0.126. The maximum absolute atomic E-state index is 12.5. The van der Waals surface area contributed by atoms with Crippen LogP contribution in [0.4, 0.5) is 0 Å². The molecule has 0 radical (unpaired) electrons. The first-order valence-electron chi connectivity index (χ1n) is 8.94. The van der Waals surface area contributed by atoms with Crippen LogP contribution in [0.25, 0.3) is 0 Å². The molecule has 6 nitrogen and oxygen atoms in total. The molecule has 8 heteroatoms. The van der Waals surface area contributed by atoms with Gasteiger partial charge in [-0.05, 0) is 24.8 Å². The number of nitrogens with two attached hydrogens (primary N) is 1. The molecular weight excluding hydrogens is 374 g/mol. The van der Waals surface area contributed by atoms with Crippen LogP contribution in [0, 0.1) is 5.92 Å². The van der Waals surface area contributed by atoms with Gasteiger partial charge in [-0.15, -0.1) is 12.4 Å². The molecule has 0 bridgehead atoms. The van der Waals surface area contributed by atoms with Gasteiger partial charge in [0.15, 0.2) is 0 Å². The molecule has 0 saturated carbocycles. The van der Waals surface area contributed by atoms with Gasteiger partial charge in [0.25, 0.3) is 0 Å². The van der Waals surface area contributed by atoms with Gasteiger partial charge in [-0.25, -0.2) is 12.7 Å². The third kappa shape index (κ3) is 5.94. The fraction of sp³-hybridized carbons (Fsp3) is 0.611. The lowest BCUT2D eigenvalue weighted by Crippen LogP contribution is -2.48. The summed E-state index contributed by atoms with van der Waals surface area (Å²) >= 11 is 0. The zero-order valence-corrected chi connectivity index (χ0v) is 17.1. The lowest BCUT2D eigenvalue weighted by atomic mass is 9.94. The van der Waals surface area contributed by atoms with Crippen LogP contribution in [-0.2, 0) is 14.8 Å². The molecule has 0 spiro atoms. The van der Waals surface area contributed by atoms with Crippen molar-refractivity contribution in [2.75, 3.05) is 18.8 Å². The number of hydrogen-bond acceptors (Lipinski definition) is 4. The second-order valence-corrected chi connectivity index (χ2v) is 8.81. The predicted octanol–water partition coefficient (Wildman–Crippen LogP) is 2.06. The van der Waals surface area contributed by atoms with Crippen LogP contribution in [-0.4, -0.2) is 43.5 Å². The van der Waals surface area contributed by atoms with Crippen molar-refractivity contribution in [3.05, 3.63) is 35.9 Å². The topological polar surface area (TPSA) is 92.5 Å².